The molecule has 0 aliphatic carbocycles. The third-order valence-corrected chi connectivity index (χ3v) is 4.39. The Kier molecular flexibility index (Phi) is 10.9. The lowest BCUT2D eigenvalue weighted by molar-refractivity contribution is 0.0483. The van der Waals surface area contributed by atoms with Gasteiger partial charge in [0.25, 0.3) is 5.91 Å². The van der Waals surface area contributed by atoms with Gasteiger partial charge in [0, 0.05) is 23.3 Å². The normalized spacial score (nSPS) is 10.2. The number of hydrogen-bond acceptors (Lipinski definition) is 5. The van der Waals surface area contributed by atoms with E-state index in [1.807, 2.05) is 27.7 Å². The maximum absolute atomic E-state index is 14.0. The molecule has 1 aromatic carbocycles. The third kappa shape index (κ3) is 8.09. The largest absolute Gasteiger partial charge is 0.443 e. The number of rotatable bonds is 2. The van der Waals surface area contributed by atoms with E-state index in [2.05, 4.69) is 36.7 Å². The van der Waals surface area contributed by atoms with Crippen molar-refractivity contribution in [3.8, 4) is 11.3 Å². The molecular weight excluding hydrogens is 491 g/mol. The van der Waals surface area contributed by atoms with Gasteiger partial charge in [-0.05, 0) is 61.0 Å². The summed E-state index contributed by atoms with van der Waals surface area (Å²) in [6, 6.07) is 7.72. The molecule has 0 bridgehead atoms. The van der Waals surface area contributed by atoms with E-state index in [4.69, 9.17) is 4.74 Å². The van der Waals surface area contributed by atoms with Gasteiger partial charge in [-0.2, -0.15) is 0 Å². The van der Waals surface area contributed by atoms with Crippen molar-refractivity contribution in [1.82, 2.24) is 20.8 Å². The smallest absolute Gasteiger partial charge is 0.426 e. The van der Waals surface area contributed by atoms with Crippen molar-refractivity contribution < 1.29 is 18.7 Å². The highest BCUT2D eigenvalue weighted by Crippen LogP contribution is 2.27. The molecule has 0 saturated carbocycles. The number of amides is 2. The number of aromatic nitrogens is 2. The molecule has 178 valence electrons. The average Bonchev–Trinajstić information content (AvgIpc) is 2.80. The van der Waals surface area contributed by atoms with Crippen molar-refractivity contribution >= 4 is 38.8 Å². The lowest BCUT2D eigenvalue weighted by Gasteiger charge is -2.19. The van der Waals surface area contributed by atoms with E-state index < -0.39 is 23.4 Å². The zero-order valence-corrected chi connectivity index (χ0v) is 21.5. The Hall–Kier alpha value is -3.07. The Morgan fingerprint density at radius 1 is 1.03 bits per heavy atom. The number of carbonyl (C=O) groups excluding carboxylic acids is 2. The van der Waals surface area contributed by atoms with E-state index in [1.54, 1.807) is 45.2 Å². The van der Waals surface area contributed by atoms with Gasteiger partial charge in [-0.3, -0.25) is 15.2 Å². The number of fused-ring (bicyclic) bond motifs is 1. The van der Waals surface area contributed by atoms with Crippen molar-refractivity contribution in [3.63, 3.8) is 0 Å². The first-order valence-electron chi connectivity index (χ1n) is 10.6. The predicted octanol–water partition coefficient (Wildman–Crippen LogP) is 6.42. The summed E-state index contributed by atoms with van der Waals surface area (Å²) in [4.78, 5) is 33.0. The quantitative estimate of drug-likeness (QED) is 0.380. The van der Waals surface area contributed by atoms with Crippen molar-refractivity contribution in [2.45, 2.75) is 54.1 Å². The van der Waals surface area contributed by atoms with Crippen molar-refractivity contribution in [2.24, 2.45) is 0 Å². The highest BCUT2D eigenvalue weighted by Gasteiger charge is 2.19. The molecule has 0 spiro atoms. The fourth-order valence-electron chi connectivity index (χ4n) is 2.54. The lowest BCUT2D eigenvalue weighted by Crippen LogP contribution is -2.44. The Morgan fingerprint density at radius 3 is 2.30 bits per heavy atom. The van der Waals surface area contributed by atoms with Gasteiger partial charge in [0.05, 0.1) is 21.2 Å². The second kappa shape index (κ2) is 12.8. The van der Waals surface area contributed by atoms with Gasteiger partial charge in [0.2, 0.25) is 0 Å². The highest BCUT2D eigenvalue weighted by molar-refractivity contribution is 9.10. The van der Waals surface area contributed by atoms with Gasteiger partial charge in [-0.25, -0.2) is 19.6 Å². The first kappa shape index (κ1) is 28.0. The molecule has 0 fully saturated rings. The summed E-state index contributed by atoms with van der Waals surface area (Å²) >= 11 is 3.11. The molecule has 2 N–H and O–H groups in total. The molecule has 0 radical (unpaired) electrons. The second-order valence-electron chi connectivity index (χ2n) is 7.16. The van der Waals surface area contributed by atoms with E-state index in [0.717, 1.165) is 0 Å². The van der Waals surface area contributed by atoms with Crippen LogP contribution in [0.4, 0.5) is 9.18 Å². The molecule has 0 unspecified atom stereocenters. The lowest BCUT2D eigenvalue weighted by atomic mass is 10.0. The third-order valence-electron chi connectivity index (χ3n) is 3.75. The zero-order chi connectivity index (χ0) is 25.2. The van der Waals surface area contributed by atoms with E-state index in [1.165, 1.54) is 18.3 Å². The molecule has 0 aliphatic rings. The van der Waals surface area contributed by atoms with Crippen LogP contribution in [0.3, 0.4) is 0 Å². The molecule has 2 amide bonds. The van der Waals surface area contributed by atoms with Gasteiger partial charge in [0.1, 0.15) is 11.4 Å². The van der Waals surface area contributed by atoms with Gasteiger partial charge >= 0.3 is 6.09 Å². The number of carbonyl (C=O) groups is 2. The number of ether oxygens (including phenoxy) is 1. The standard InChI is InChI=1S/C20H18BrFN4O3.2C2H6/c1-20(2,3)29-19(28)26-25-18(27)12-9-17(11-4-5-14(21)15(22)8-11)24-16-6-7-23-10-13(12)16;2*1-2/h4-10H,1-3H3,(H,25,27)(H,26,28);2*1-2H3. The van der Waals surface area contributed by atoms with Crippen molar-refractivity contribution in [1.29, 1.82) is 0 Å². The molecule has 3 aromatic rings. The first-order chi connectivity index (χ1) is 15.6. The number of nitrogens with one attached hydrogen (secondary N) is 2. The number of nitrogens with zero attached hydrogens (tertiary/aromatic N) is 2. The number of pyridine rings is 2. The topological polar surface area (TPSA) is 93.2 Å². The SMILES string of the molecule is CC.CC.CC(C)(C)OC(=O)NNC(=O)c1cc(-c2ccc(Br)c(F)c2)nc2ccncc12. The van der Waals surface area contributed by atoms with Crippen LogP contribution in [-0.4, -0.2) is 27.6 Å². The zero-order valence-electron chi connectivity index (χ0n) is 19.9. The van der Waals surface area contributed by atoms with E-state index in [9.17, 15) is 14.0 Å². The molecule has 0 aliphatic heterocycles. The Morgan fingerprint density at radius 2 is 1.70 bits per heavy atom. The first-order valence-corrected chi connectivity index (χ1v) is 11.4. The van der Waals surface area contributed by atoms with E-state index >= 15 is 0 Å². The van der Waals surface area contributed by atoms with E-state index in [-0.39, 0.29) is 5.56 Å². The second-order valence-corrected chi connectivity index (χ2v) is 8.01. The summed E-state index contributed by atoms with van der Waals surface area (Å²) in [5.74, 6) is -1.04. The summed E-state index contributed by atoms with van der Waals surface area (Å²) in [6.45, 7) is 13.1. The monoisotopic (exact) mass is 520 g/mol. The van der Waals surface area contributed by atoms with Gasteiger partial charge in [-0.15, -0.1) is 0 Å². The van der Waals surface area contributed by atoms with Crippen LogP contribution in [0.15, 0.2) is 47.2 Å². The summed E-state index contributed by atoms with van der Waals surface area (Å²) in [6.07, 6.45) is 2.25. The minimum absolute atomic E-state index is 0.220. The van der Waals surface area contributed by atoms with Crippen LogP contribution < -0.4 is 10.9 Å². The van der Waals surface area contributed by atoms with Crippen LogP contribution >= 0.6 is 15.9 Å². The van der Waals surface area contributed by atoms with Gasteiger partial charge in [-0.1, -0.05) is 33.8 Å². The molecule has 33 heavy (non-hydrogen) atoms. The molecule has 7 nitrogen and oxygen atoms in total. The fraction of sp³-hybridized carbons (Fsp3) is 0.333. The molecule has 9 heteroatoms. The molecule has 2 aromatic heterocycles. The Balaban J connectivity index is 0.00000129. The molecule has 0 atom stereocenters. The van der Waals surface area contributed by atoms with Crippen molar-refractivity contribution in [2.75, 3.05) is 0 Å². The predicted molar refractivity (Wildman–Crippen MR) is 132 cm³/mol. The van der Waals surface area contributed by atoms with Crippen molar-refractivity contribution in [3.05, 3.63) is 58.6 Å². The number of hydrazine groups is 1. The van der Waals surface area contributed by atoms with Crippen LogP contribution in [0, 0.1) is 5.82 Å². The number of hydrogen-bond donors (Lipinski definition) is 2. The van der Waals surface area contributed by atoms with Gasteiger partial charge in [0.15, 0.2) is 0 Å². The van der Waals surface area contributed by atoms with Crippen LogP contribution in [0.2, 0.25) is 0 Å². The van der Waals surface area contributed by atoms with Gasteiger partial charge < -0.3 is 4.74 Å². The molecule has 0 saturated heterocycles. The van der Waals surface area contributed by atoms with Crippen LogP contribution in [-0.2, 0) is 4.74 Å². The highest BCUT2D eigenvalue weighted by atomic mass is 79.9. The summed E-state index contributed by atoms with van der Waals surface area (Å²) in [5, 5.41) is 0.484. The van der Waals surface area contributed by atoms with Crippen LogP contribution in [0.5, 0.6) is 0 Å². The summed E-state index contributed by atoms with van der Waals surface area (Å²) < 4.78 is 19.4. The minimum atomic E-state index is -0.794. The number of halogens is 2. The minimum Gasteiger partial charge on any atom is -0.443 e. The molecular formula is C24H30BrFN4O3. The van der Waals surface area contributed by atoms with Crippen LogP contribution in [0.1, 0.15) is 58.8 Å². The maximum Gasteiger partial charge on any atom is 0.426 e. The summed E-state index contributed by atoms with van der Waals surface area (Å²) in [5.41, 5.74) is 5.44. The molecule has 3 rings (SSSR count). The maximum atomic E-state index is 14.0. The fourth-order valence-corrected chi connectivity index (χ4v) is 2.79. The molecule has 2 heterocycles. The van der Waals surface area contributed by atoms with E-state index in [0.29, 0.717) is 26.6 Å². The average molecular weight is 521 g/mol. The van der Waals surface area contributed by atoms with Crippen LogP contribution in [0.25, 0.3) is 22.2 Å². The Bertz CT molecular complexity index is 1100. The number of benzene rings is 1. The summed E-state index contributed by atoms with van der Waals surface area (Å²) in [7, 11) is 0. The Labute approximate surface area is 202 Å².